The fraction of sp³-hybridized carbons (Fsp3) is 0.500. The van der Waals surface area contributed by atoms with Crippen LogP contribution in [-0.2, 0) is 16.0 Å². The van der Waals surface area contributed by atoms with Gasteiger partial charge in [-0.05, 0) is 43.0 Å². The zero-order chi connectivity index (χ0) is 13.4. The van der Waals surface area contributed by atoms with Crippen LogP contribution >= 0.6 is 0 Å². The molecule has 2 aliphatic heterocycles. The number of nitrogens with zero attached hydrogens (tertiary/aromatic N) is 1. The minimum Gasteiger partial charge on any atom is -0.363 e. The van der Waals surface area contributed by atoms with Crippen molar-refractivity contribution in [3.63, 3.8) is 0 Å². The Morgan fingerprint density at radius 3 is 2.95 bits per heavy atom. The fourth-order valence-electron chi connectivity index (χ4n) is 2.67. The van der Waals surface area contributed by atoms with Gasteiger partial charge in [0, 0.05) is 12.6 Å². The smallest absolute Gasteiger partial charge is 0.254 e. The van der Waals surface area contributed by atoms with Gasteiger partial charge >= 0.3 is 0 Å². The zero-order valence-corrected chi connectivity index (χ0v) is 10.4. The minimum atomic E-state index is -0.446. The van der Waals surface area contributed by atoms with Gasteiger partial charge in [0.15, 0.2) is 6.10 Å². The summed E-state index contributed by atoms with van der Waals surface area (Å²) in [6.45, 7) is 1.16. The van der Waals surface area contributed by atoms with E-state index >= 15 is 0 Å². The molecule has 2 aliphatic rings. The van der Waals surface area contributed by atoms with E-state index in [1.165, 1.54) is 6.07 Å². The van der Waals surface area contributed by atoms with Crippen LogP contribution in [-0.4, -0.2) is 36.1 Å². The highest BCUT2D eigenvalue weighted by molar-refractivity contribution is 5.83. The lowest BCUT2D eigenvalue weighted by Gasteiger charge is -2.24. The summed E-state index contributed by atoms with van der Waals surface area (Å²) in [6.07, 6.45) is 1.79. The Kier molecular flexibility index (Phi) is 3.22. The number of ether oxygens (including phenoxy) is 1. The number of epoxide rings is 1. The Hall–Kier alpha value is -1.49. The van der Waals surface area contributed by atoms with Gasteiger partial charge in [-0.2, -0.15) is 0 Å². The summed E-state index contributed by atoms with van der Waals surface area (Å²) in [6, 6.07) is 3.40. The number of hydrogen-bond donors (Lipinski definition) is 0. The summed E-state index contributed by atoms with van der Waals surface area (Å²) in [4.78, 5) is 13.7. The lowest BCUT2D eigenvalue weighted by molar-refractivity contribution is -0.133. The monoisotopic (exact) mass is 267 g/mol. The third-order valence-electron chi connectivity index (χ3n) is 3.73. The summed E-state index contributed by atoms with van der Waals surface area (Å²) in [5.41, 5.74) is 0.335. The van der Waals surface area contributed by atoms with Crippen LogP contribution in [0.1, 0.15) is 18.4 Å². The maximum absolute atomic E-state index is 13.6. The lowest BCUT2D eigenvalue weighted by atomic mass is 10.0. The van der Waals surface area contributed by atoms with E-state index in [1.807, 2.05) is 0 Å². The first-order chi connectivity index (χ1) is 9.15. The van der Waals surface area contributed by atoms with Gasteiger partial charge in [-0.25, -0.2) is 8.78 Å². The average molecular weight is 267 g/mol. The van der Waals surface area contributed by atoms with E-state index in [0.29, 0.717) is 25.1 Å². The van der Waals surface area contributed by atoms with Crippen LogP contribution in [0.25, 0.3) is 0 Å². The van der Waals surface area contributed by atoms with E-state index < -0.39 is 11.6 Å². The van der Waals surface area contributed by atoms with Gasteiger partial charge in [-0.15, -0.1) is 0 Å². The number of rotatable bonds is 3. The Balaban J connectivity index is 1.74. The largest absolute Gasteiger partial charge is 0.363 e. The predicted molar refractivity (Wildman–Crippen MR) is 64.5 cm³/mol. The molecule has 3 nitrogen and oxygen atoms in total. The van der Waals surface area contributed by atoms with Gasteiger partial charge in [0.25, 0.3) is 5.91 Å². The molecule has 5 heteroatoms. The first kappa shape index (κ1) is 12.5. The van der Waals surface area contributed by atoms with Crippen molar-refractivity contribution in [1.29, 1.82) is 0 Å². The second-order valence-electron chi connectivity index (χ2n) is 5.09. The van der Waals surface area contributed by atoms with Crippen LogP contribution in [0.5, 0.6) is 0 Å². The second-order valence-corrected chi connectivity index (χ2v) is 5.09. The van der Waals surface area contributed by atoms with E-state index in [9.17, 15) is 13.6 Å². The minimum absolute atomic E-state index is 0.0145. The highest BCUT2D eigenvalue weighted by Gasteiger charge is 2.39. The van der Waals surface area contributed by atoms with E-state index in [2.05, 4.69) is 0 Å². The molecule has 1 aromatic carbocycles. The highest BCUT2D eigenvalue weighted by Crippen LogP contribution is 2.26. The van der Waals surface area contributed by atoms with Crippen molar-refractivity contribution in [2.45, 2.75) is 31.4 Å². The van der Waals surface area contributed by atoms with Crippen molar-refractivity contribution in [3.05, 3.63) is 35.4 Å². The molecular formula is C14H15F2NO2. The quantitative estimate of drug-likeness (QED) is 0.784. The van der Waals surface area contributed by atoms with E-state index in [4.69, 9.17) is 4.74 Å². The summed E-state index contributed by atoms with van der Waals surface area (Å²) >= 11 is 0. The van der Waals surface area contributed by atoms with Gasteiger partial charge in [0.2, 0.25) is 0 Å². The molecule has 0 spiro atoms. The molecule has 0 aromatic heterocycles. The van der Waals surface area contributed by atoms with Crippen molar-refractivity contribution >= 4 is 5.91 Å². The molecular weight excluding hydrogens is 252 g/mol. The zero-order valence-electron chi connectivity index (χ0n) is 10.4. The number of likely N-dealkylation sites (tertiary alicyclic amines) is 1. The highest BCUT2D eigenvalue weighted by atomic mass is 19.1. The molecule has 0 aliphatic carbocycles. The van der Waals surface area contributed by atoms with Gasteiger partial charge in [0.05, 0.1) is 6.61 Å². The van der Waals surface area contributed by atoms with Crippen molar-refractivity contribution in [3.8, 4) is 0 Å². The summed E-state index contributed by atoms with van der Waals surface area (Å²) in [5.74, 6) is -0.875. The maximum atomic E-state index is 13.6. The summed E-state index contributed by atoms with van der Waals surface area (Å²) in [5, 5.41) is 0. The molecule has 3 rings (SSSR count). The number of benzene rings is 1. The number of amides is 1. The first-order valence-electron chi connectivity index (χ1n) is 6.51. The van der Waals surface area contributed by atoms with E-state index in [0.717, 1.165) is 25.0 Å². The number of halogens is 2. The molecule has 102 valence electrons. The SMILES string of the molecule is O=C(C1CO1)N1CCCC1Cc1cc(F)ccc1F. The van der Waals surface area contributed by atoms with E-state index in [-0.39, 0.29) is 18.1 Å². The molecule has 2 fully saturated rings. The maximum Gasteiger partial charge on any atom is 0.254 e. The molecule has 0 saturated carbocycles. The Labute approximate surface area is 110 Å². The summed E-state index contributed by atoms with van der Waals surface area (Å²) in [7, 11) is 0. The van der Waals surface area contributed by atoms with Crippen molar-refractivity contribution in [2.24, 2.45) is 0 Å². The molecule has 1 aromatic rings. The number of carbonyl (C=O) groups is 1. The molecule has 1 amide bonds. The van der Waals surface area contributed by atoms with Crippen LogP contribution in [0.4, 0.5) is 8.78 Å². The third kappa shape index (κ3) is 2.61. The van der Waals surface area contributed by atoms with Crippen LogP contribution < -0.4 is 0 Å². The Morgan fingerprint density at radius 1 is 1.42 bits per heavy atom. The molecule has 2 unspecified atom stereocenters. The third-order valence-corrected chi connectivity index (χ3v) is 3.73. The van der Waals surface area contributed by atoms with Gasteiger partial charge in [-0.3, -0.25) is 4.79 Å². The van der Waals surface area contributed by atoms with E-state index in [1.54, 1.807) is 4.90 Å². The van der Waals surface area contributed by atoms with Gasteiger partial charge < -0.3 is 9.64 Å². The summed E-state index contributed by atoms with van der Waals surface area (Å²) < 4.78 is 31.8. The standard InChI is InChI=1S/C14H15F2NO2/c15-10-3-4-12(16)9(6-10)7-11-2-1-5-17(11)14(18)13-8-19-13/h3-4,6,11,13H,1-2,5,7-8H2. The number of hydrogen-bond acceptors (Lipinski definition) is 2. The Morgan fingerprint density at radius 2 is 2.21 bits per heavy atom. The average Bonchev–Trinajstić information content (AvgIpc) is 3.14. The van der Waals surface area contributed by atoms with Gasteiger partial charge in [-0.1, -0.05) is 0 Å². The fourth-order valence-corrected chi connectivity index (χ4v) is 2.67. The topological polar surface area (TPSA) is 32.8 Å². The van der Waals surface area contributed by atoms with Crippen molar-refractivity contribution in [2.75, 3.05) is 13.2 Å². The molecule has 19 heavy (non-hydrogen) atoms. The Bertz CT molecular complexity index is 502. The van der Waals surface area contributed by atoms with Crippen LogP contribution in [0.3, 0.4) is 0 Å². The van der Waals surface area contributed by atoms with Crippen LogP contribution in [0.2, 0.25) is 0 Å². The molecule has 0 N–H and O–H groups in total. The normalized spacial score (nSPS) is 25.7. The molecule has 0 bridgehead atoms. The molecule has 2 saturated heterocycles. The molecule has 0 radical (unpaired) electrons. The van der Waals surface area contributed by atoms with Gasteiger partial charge in [0.1, 0.15) is 11.6 Å². The van der Waals surface area contributed by atoms with Crippen LogP contribution in [0.15, 0.2) is 18.2 Å². The van der Waals surface area contributed by atoms with Crippen molar-refractivity contribution in [1.82, 2.24) is 4.90 Å². The molecule has 2 atom stereocenters. The van der Waals surface area contributed by atoms with Crippen molar-refractivity contribution < 1.29 is 18.3 Å². The lowest BCUT2D eigenvalue weighted by Crippen LogP contribution is -2.39. The van der Waals surface area contributed by atoms with Crippen LogP contribution in [0, 0.1) is 11.6 Å². The molecule has 2 heterocycles. The first-order valence-corrected chi connectivity index (χ1v) is 6.51. The predicted octanol–water partition coefficient (Wildman–Crippen LogP) is 1.90. The number of carbonyl (C=O) groups excluding carboxylic acids is 1. The second kappa shape index (κ2) is 4.89.